The molecule has 0 aromatic carbocycles. The van der Waals surface area contributed by atoms with Gasteiger partial charge in [-0.25, -0.2) is 0 Å². The number of carboxylic acids is 1. The van der Waals surface area contributed by atoms with Crippen molar-refractivity contribution in [3.8, 4) is 0 Å². The fourth-order valence-electron chi connectivity index (χ4n) is 1.63. The third kappa shape index (κ3) is 9.47. The number of aliphatic carboxylic acids is 1. The van der Waals surface area contributed by atoms with Gasteiger partial charge in [0, 0.05) is 32.2 Å². The van der Waals surface area contributed by atoms with Crippen molar-refractivity contribution in [2.45, 2.75) is 46.5 Å². The SMILES string of the molecule is CCCCOCCCN(CCC(=O)O)C(=O)C(C)C. The van der Waals surface area contributed by atoms with Crippen LogP contribution in [0, 0.1) is 5.92 Å². The monoisotopic (exact) mass is 273 g/mol. The first-order valence-corrected chi connectivity index (χ1v) is 7.07. The minimum atomic E-state index is -0.874. The van der Waals surface area contributed by atoms with Gasteiger partial charge in [-0.2, -0.15) is 0 Å². The van der Waals surface area contributed by atoms with E-state index in [1.165, 1.54) is 0 Å². The lowest BCUT2D eigenvalue weighted by atomic mass is 10.2. The number of hydrogen-bond acceptors (Lipinski definition) is 3. The van der Waals surface area contributed by atoms with Crippen LogP contribution < -0.4 is 0 Å². The zero-order valence-corrected chi connectivity index (χ0v) is 12.4. The maximum absolute atomic E-state index is 11.9. The van der Waals surface area contributed by atoms with Gasteiger partial charge in [-0.15, -0.1) is 0 Å². The Morgan fingerprint density at radius 2 is 1.79 bits per heavy atom. The molecule has 0 spiro atoms. The quantitative estimate of drug-likeness (QED) is 0.586. The first-order valence-electron chi connectivity index (χ1n) is 7.07. The molecule has 19 heavy (non-hydrogen) atoms. The van der Waals surface area contributed by atoms with Gasteiger partial charge >= 0.3 is 5.97 Å². The van der Waals surface area contributed by atoms with Gasteiger partial charge in [0.2, 0.25) is 5.91 Å². The number of unbranched alkanes of at least 4 members (excludes halogenated alkanes) is 1. The Balaban J connectivity index is 3.98. The molecule has 0 bridgehead atoms. The van der Waals surface area contributed by atoms with Crippen molar-refractivity contribution in [1.82, 2.24) is 4.90 Å². The summed E-state index contributed by atoms with van der Waals surface area (Å²) in [5.41, 5.74) is 0. The first-order chi connectivity index (χ1) is 8.99. The number of carbonyl (C=O) groups is 2. The molecule has 0 unspecified atom stereocenters. The standard InChI is InChI=1S/C14H27NO4/c1-4-5-10-19-11-6-8-15(9-7-13(16)17)14(18)12(2)3/h12H,4-11H2,1-3H3,(H,16,17). The van der Waals surface area contributed by atoms with E-state index in [-0.39, 0.29) is 24.8 Å². The molecular formula is C14H27NO4. The number of carbonyl (C=O) groups excluding carboxylic acids is 1. The summed E-state index contributed by atoms with van der Waals surface area (Å²) in [7, 11) is 0. The molecule has 5 heteroatoms. The average Bonchev–Trinajstić information content (AvgIpc) is 2.35. The summed E-state index contributed by atoms with van der Waals surface area (Å²) < 4.78 is 5.44. The van der Waals surface area contributed by atoms with Gasteiger partial charge in [-0.1, -0.05) is 27.2 Å². The van der Waals surface area contributed by atoms with Crippen molar-refractivity contribution in [3.63, 3.8) is 0 Å². The van der Waals surface area contributed by atoms with E-state index < -0.39 is 5.97 Å². The smallest absolute Gasteiger partial charge is 0.305 e. The third-order valence-corrected chi connectivity index (χ3v) is 2.76. The molecule has 112 valence electrons. The molecule has 0 heterocycles. The first kappa shape index (κ1) is 17.9. The average molecular weight is 273 g/mol. The lowest BCUT2D eigenvalue weighted by Gasteiger charge is -2.24. The lowest BCUT2D eigenvalue weighted by molar-refractivity contribution is -0.139. The molecule has 0 aliphatic heterocycles. The molecule has 0 aromatic heterocycles. The molecule has 0 aromatic rings. The van der Waals surface area contributed by atoms with Crippen LogP contribution in [-0.2, 0) is 14.3 Å². The number of carboxylic acid groups (broad SMARTS) is 1. The Hall–Kier alpha value is -1.10. The van der Waals surface area contributed by atoms with Crippen molar-refractivity contribution in [2.75, 3.05) is 26.3 Å². The summed E-state index contributed by atoms with van der Waals surface area (Å²) in [6, 6.07) is 0. The predicted octanol–water partition coefficient (Wildman–Crippen LogP) is 2.15. The molecule has 5 nitrogen and oxygen atoms in total. The second-order valence-corrected chi connectivity index (χ2v) is 4.94. The Morgan fingerprint density at radius 1 is 1.16 bits per heavy atom. The van der Waals surface area contributed by atoms with Gasteiger partial charge in [0.15, 0.2) is 0 Å². The Morgan fingerprint density at radius 3 is 2.32 bits per heavy atom. The number of rotatable bonds is 11. The van der Waals surface area contributed by atoms with Crippen LogP contribution in [0.4, 0.5) is 0 Å². The third-order valence-electron chi connectivity index (χ3n) is 2.76. The maximum atomic E-state index is 11.9. The van der Waals surface area contributed by atoms with Gasteiger partial charge in [0.25, 0.3) is 0 Å². The number of hydrogen-bond donors (Lipinski definition) is 1. The van der Waals surface area contributed by atoms with Gasteiger partial charge in [0.1, 0.15) is 0 Å². The van der Waals surface area contributed by atoms with Crippen LogP contribution in [-0.4, -0.2) is 48.2 Å². The largest absolute Gasteiger partial charge is 0.481 e. The van der Waals surface area contributed by atoms with Gasteiger partial charge < -0.3 is 14.7 Å². The van der Waals surface area contributed by atoms with Crippen molar-refractivity contribution in [1.29, 1.82) is 0 Å². The topological polar surface area (TPSA) is 66.8 Å². The predicted molar refractivity (Wildman–Crippen MR) is 74.0 cm³/mol. The van der Waals surface area contributed by atoms with Crippen molar-refractivity contribution < 1.29 is 19.4 Å². The molecule has 0 saturated heterocycles. The second kappa shape index (κ2) is 10.8. The van der Waals surface area contributed by atoms with Crippen LogP contribution in [0.5, 0.6) is 0 Å². The van der Waals surface area contributed by atoms with E-state index in [1.807, 2.05) is 13.8 Å². The van der Waals surface area contributed by atoms with E-state index in [0.29, 0.717) is 13.2 Å². The van der Waals surface area contributed by atoms with Gasteiger partial charge in [0.05, 0.1) is 6.42 Å². The van der Waals surface area contributed by atoms with Crippen LogP contribution in [0.3, 0.4) is 0 Å². The van der Waals surface area contributed by atoms with Crippen LogP contribution in [0.2, 0.25) is 0 Å². The molecule has 0 aliphatic carbocycles. The Labute approximate surface area is 115 Å². The molecule has 0 aliphatic rings. The highest BCUT2D eigenvalue weighted by molar-refractivity contribution is 5.78. The van der Waals surface area contributed by atoms with Crippen molar-refractivity contribution in [3.05, 3.63) is 0 Å². The van der Waals surface area contributed by atoms with Crippen LogP contribution in [0.15, 0.2) is 0 Å². The maximum Gasteiger partial charge on any atom is 0.305 e. The summed E-state index contributed by atoms with van der Waals surface area (Å²) in [5.74, 6) is -0.967. The number of nitrogens with zero attached hydrogens (tertiary/aromatic N) is 1. The van der Waals surface area contributed by atoms with Crippen LogP contribution in [0.1, 0.15) is 46.5 Å². The highest BCUT2D eigenvalue weighted by Gasteiger charge is 2.17. The fraction of sp³-hybridized carbons (Fsp3) is 0.857. The Bertz CT molecular complexity index is 266. The summed E-state index contributed by atoms with van der Waals surface area (Å²) in [6.07, 6.45) is 2.90. The molecule has 0 fully saturated rings. The van der Waals surface area contributed by atoms with E-state index in [9.17, 15) is 9.59 Å². The lowest BCUT2D eigenvalue weighted by Crippen LogP contribution is -2.37. The zero-order chi connectivity index (χ0) is 14.7. The number of ether oxygens (including phenoxy) is 1. The van der Waals surface area contributed by atoms with Crippen molar-refractivity contribution in [2.24, 2.45) is 5.92 Å². The highest BCUT2D eigenvalue weighted by Crippen LogP contribution is 2.04. The summed E-state index contributed by atoms with van der Waals surface area (Å²) in [4.78, 5) is 24.1. The van der Waals surface area contributed by atoms with Crippen molar-refractivity contribution >= 4 is 11.9 Å². The van der Waals surface area contributed by atoms with Gasteiger partial charge in [-0.05, 0) is 12.8 Å². The molecule has 0 rings (SSSR count). The summed E-state index contributed by atoms with van der Waals surface area (Å²) >= 11 is 0. The van der Waals surface area contributed by atoms with E-state index in [1.54, 1.807) is 4.90 Å². The molecular weight excluding hydrogens is 246 g/mol. The van der Waals surface area contributed by atoms with Crippen LogP contribution in [0.25, 0.3) is 0 Å². The summed E-state index contributed by atoms with van der Waals surface area (Å²) in [5, 5.41) is 8.69. The zero-order valence-electron chi connectivity index (χ0n) is 12.4. The summed E-state index contributed by atoms with van der Waals surface area (Å²) in [6.45, 7) is 7.98. The minimum absolute atomic E-state index is 0.00481. The fourth-order valence-corrected chi connectivity index (χ4v) is 1.63. The minimum Gasteiger partial charge on any atom is -0.481 e. The van der Waals surface area contributed by atoms with Crippen LogP contribution >= 0.6 is 0 Å². The second-order valence-electron chi connectivity index (χ2n) is 4.94. The molecule has 0 atom stereocenters. The number of amides is 1. The molecule has 1 N–H and O–H groups in total. The van der Waals surface area contributed by atoms with E-state index >= 15 is 0 Å². The molecule has 0 radical (unpaired) electrons. The molecule has 1 amide bonds. The molecule has 0 saturated carbocycles. The van der Waals surface area contributed by atoms with E-state index in [4.69, 9.17) is 9.84 Å². The van der Waals surface area contributed by atoms with E-state index in [0.717, 1.165) is 25.9 Å². The Kier molecular flexibility index (Phi) is 10.2. The normalized spacial score (nSPS) is 10.7. The van der Waals surface area contributed by atoms with Gasteiger partial charge in [-0.3, -0.25) is 9.59 Å². The van der Waals surface area contributed by atoms with E-state index in [2.05, 4.69) is 6.92 Å². The highest BCUT2D eigenvalue weighted by atomic mass is 16.5.